The van der Waals surface area contributed by atoms with Crippen LogP contribution in [0.5, 0.6) is 0 Å². The van der Waals surface area contributed by atoms with Crippen molar-refractivity contribution in [3.8, 4) is 0 Å². The molecule has 0 atom stereocenters. The second-order valence-corrected chi connectivity index (χ2v) is 3.79. The van der Waals surface area contributed by atoms with E-state index in [-0.39, 0.29) is 5.91 Å². The van der Waals surface area contributed by atoms with E-state index in [1.165, 1.54) is 6.26 Å². The van der Waals surface area contributed by atoms with E-state index < -0.39 is 0 Å². The maximum Gasteiger partial charge on any atom is 0.255 e. The van der Waals surface area contributed by atoms with E-state index in [0.717, 1.165) is 11.4 Å². The zero-order valence-electron chi connectivity index (χ0n) is 10.2. The number of hydrogen-bond donors (Lipinski definition) is 2. The van der Waals surface area contributed by atoms with Crippen molar-refractivity contribution >= 4 is 11.6 Å². The lowest BCUT2D eigenvalue weighted by molar-refractivity contribution is 0.0950. The van der Waals surface area contributed by atoms with Crippen LogP contribution in [0.3, 0.4) is 0 Å². The summed E-state index contributed by atoms with van der Waals surface area (Å²) in [5, 5.41) is 9.45. The number of aryl methyl sites for hydroxylation is 1. The molecule has 94 valence electrons. The maximum absolute atomic E-state index is 12.0. The summed E-state index contributed by atoms with van der Waals surface area (Å²) in [6.45, 7) is 2.20. The van der Waals surface area contributed by atoms with Crippen LogP contribution in [0.2, 0.25) is 0 Å². The molecule has 2 aromatic rings. The molecule has 0 fully saturated rings. The zero-order valence-corrected chi connectivity index (χ0v) is 10.2. The summed E-state index contributed by atoms with van der Waals surface area (Å²) in [7, 11) is 1.77. The summed E-state index contributed by atoms with van der Waals surface area (Å²) >= 11 is 0. The number of rotatable bonds is 4. The second-order valence-electron chi connectivity index (χ2n) is 3.79. The summed E-state index contributed by atoms with van der Waals surface area (Å²) in [6, 6.07) is 3.53. The molecule has 0 aliphatic carbocycles. The smallest absolute Gasteiger partial charge is 0.255 e. The fourth-order valence-electron chi connectivity index (χ4n) is 1.54. The van der Waals surface area contributed by atoms with E-state index in [1.807, 2.05) is 13.0 Å². The Morgan fingerprint density at radius 1 is 1.50 bits per heavy atom. The van der Waals surface area contributed by atoms with Crippen molar-refractivity contribution in [3.05, 3.63) is 41.5 Å². The minimum atomic E-state index is -0.199. The first kappa shape index (κ1) is 12.1. The summed E-state index contributed by atoms with van der Waals surface area (Å²) in [6.07, 6.45) is 3.02. The Balaban J connectivity index is 2.09. The molecule has 0 saturated carbocycles. The number of nitrogens with one attached hydrogen (secondary N) is 2. The molecule has 0 aliphatic heterocycles. The third-order valence-electron chi connectivity index (χ3n) is 2.48. The van der Waals surface area contributed by atoms with Gasteiger partial charge in [-0.1, -0.05) is 5.16 Å². The van der Waals surface area contributed by atoms with E-state index in [4.69, 9.17) is 0 Å². The number of hydrogen-bond acceptors (Lipinski definition) is 5. The highest BCUT2D eigenvalue weighted by atomic mass is 16.5. The van der Waals surface area contributed by atoms with Gasteiger partial charge in [0, 0.05) is 25.0 Å². The van der Waals surface area contributed by atoms with Gasteiger partial charge < -0.3 is 15.2 Å². The highest BCUT2D eigenvalue weighted by Gasteiger charge is 2.11. The predicted octanol–water partition coefficient (Wildman–Crippen LogP) is 1.35. The third-order valence-corrected chi connectivity index (χ3v) is 2.48. The SMILES string of the molecule is CNc1cc(C)ncc1C(=O)NCc1ccon1. The number of carbonyl (C=O) groups is 1. The summed E-state index contributed by atoms with van der Waals surface area (Å²) in [4.78, 5) is 16.1. The van der Waals surface area contributed by atoms with Crippen molar-refractivity contribution in [1.29, 1.82) is 0 Å². The van der Waals surface area contributed by atoms with Gasteiger partial charge in [0.05, 0.1) is 17.8 Å². The van der Waals surface area contributed by atoms with Crippen LogP contribution in [0, 0.1) is 6.92 Å². The van der Waals surface area contributed by atoms with E-state index >= 15 is 0 Å². The quantitative estimate of drug-likeness (QED) is 0.851. The Hall–Kier alpha value is -2.37. The van der Waals surface area contributed by atoms with Gasteiger partial charge in [-0.2, -0.15) is 0 Å². The molecule has 0 aliphatic rings. The Kier molecular flexibility index (Phi) is 3.57. The molecule has 0 radical (unpaired) electrons. The topological polar surface area (TPSA) is 80.0 Å². The minimum absolute atomic E-state index is 0.199. The number of nitrogens with zero attached hydrogens (tertiary/aromatic N) is 2. The van der Waals surface area contributed by atoms with Gasteiger partial charge in [0.25, 0.3) is 5.91 Å². The number of pyridine rings is 1. The Labute approximate surface area is 104 Å². The summed E-state index contributed by atoms with van der Waals surface area (Å²) < 4.78 is 4.69. The molecule has 0 aromatic carbocycles. The van der Waals surface area contributed by atoms with Gasteiger partial charge in [-0.15, -0.1) is 0 Å². The van der Waals surface area contributed by atoms with Crippen LogP contribution in [-0.2, 0) is 6.54 Å². The van der Waals surface area contributed by atoms with E-state index in [0.29, 0.717) is 17.8 Å². The Morgan fingerprint density at radius 3 is 3.00 bits per heavy atom. The molecular weight excluding hydrogens is 232 g/mol. The molecule has 6 nitrogen and oxygen atoms in total. The van der Waals surface area contributed by atoms with Crippen LogP contribution >= 0.6 is 0 Å². The molecule has 6 heteroatoms. The standard InChI is InChI=1S/C12H14N4O2/c1-8-5-11(13-2)10(7-14-8)12(17)15-6-9-3-4-18-16-9/h3-5,7H,6H2,1-2H3,(H,13,14)(H,15,17). The van der Waals surface area contributed by atoms with E-state index in [2.05, 4.69) is 25.3 Å². The molecule has 0 saturated heterocycles. The molecule has 0 unspecified atom stereocenters. The molecule has 2 aromatic heterocycles. The van der Waals surface area contributed by atoms with Gasteiger partial charge in [-0.25, -0.2) is 0 Å². The lowest BCUT2D eigenvalue weighted by atomic mass is 10.2. The molecule has 0 spiro atoms. The monoisotopic (exact) mass is 246 g/mol. The highest BCUT2D eigenvalue weighted by Crippen LogP contribution is 2.14. The number of anilines is 1. The lowest BCUT2D eigenvalue weighted by Crippen LogP contribution is -2.24. The molecular formula is C12H14N4O2. The number of aromatic nitrogens is 2. The van der Waals surface area contributed by atoms with Crippen LogP contribution in [0.1, 0.15) is 21.7 Å². The van der Waals surface area contributed by atoms with Crippen molar-refractivity contribution in [3.63, 3.8) is 0 Å². The third kappa shape index (κ3) is 2.65. The molecule has 1 amide bonds. The van der Waals surface area contributed by atoms with E-state index in [1.54, 1.807) is 19.3 Å². The highest BCUT2D eigenvalue weighted by molar-refractivity contribution is 5.99. The zero-order chi connectivity index (χ0) is 13.0. The van der Waals surface area contributed by atoms with Gasteiger partial charge >= 0.3 is 0 Å². The second kappa shape index (κ2) is 5.31. The average Bonchev–Trinajstić information content (AvgIpc) is 2.88. The average molecular weight is 246 g/mol. The Bertz CT molecular complexity index is 537. The fourth-order valence-corrected chi connectivity index (χ4v) is 1.54. The van der Waals surface area contributed by atoms with Gasteiger partial charge in [-0.3, -0.25) is 9.78 Å². The van der Waals surface area contributed by atoms with Crippen molar-refractivity contribution in [2.45, 2.75) is 13.5 Å². The lowest BCUT2D eigenvalue weighted by Gasteiger charge is -2.09. The van der Waals surface area contributed by atoms with Crippen molar-refractivity contribution in [1.82, 2.24) is 15.5 Å². The maximum atomic E-state index is 12.0. The van der Waals surface area contributed by atoms with Crippen molar-refractivity contribution < 1.29 is 9.32 Å². The van der Waals surface area contributed by atoms with Crippen molar-refractivity contribution in [2.24, 2.45) is 0 Å². The molecule has 2 N–H and O–H groups in total. The van der Waals surface area contributed by atoms with Crippen LogP contribution in [-0.4, -0.2) is 23.1 Å². The normalized spacial score (nSPS) is 10.1. The van der Waals surface area contributed by atoms with Crippen LogP contribution < -0.4 is 10.6 Å². The first-order valence-electron chi connectivity index (χ1n) is 5.52. The largest absolute Gasteiger partial charge is 0.387 e. The van der Waals surface area contributed by atoms with E-state index in [9.17, 15) is 4.79 Å². The van der Waals surface area contributed by atoms with Gasteiger partial charge in [0.1, 0.15) is 12.0 Å². The Morgan fingerprint density at radius 2 is 2.33 bits per heavy atom. The summed E-state index contributed by atoms with van der Waals surface area (Å²) in [5.74, 6) is -0.199. The molecule has 2 heterocycles. The molecule has 2 rings (SSSR count). The first-order chi connectivity index (χ1) is 8.70. The van der Waals surface area contributed by atoms with Crippen LogP contribution in [0.25, 0.3) is 0 Å². The number of amides is 1. The van der Waals surface area contributed by atoms with Gasteiger partial charge in [0.15, 0.2) is 0 Å². The van der Waals surface area contributed by atoms with Gasteiger partial charge in [-0.05, 0) is 13.0 Å². The van der Waals surface area contributed by atoms with Crippen LogP contribution in [0.4, 0.5) is 5.69 Å². The van der Waals surface area contributed by atoms with Crippen molar-refractivity contribution in [2.75, 3.05) is 12.4 Å². The van der Waals surface area contributed by atoms with Gasteiger partial charge in [0.2, 0.25) is 0 Å². The first-order valence-corrected chi connectivity index (χ1v) is 5.52. The van der Waals surface area contributed by atoms with Crippen LogP contribution in [0.15, 0.2) is 29.1 Å². The molecule has 0 bridgehead atoms. The summed E-state index contributed by atoms with van der Waals surface area (Å²) in [5.41, 5.74) is 2.79. The number of carbonyl (C=O) groups excluding carboxylic acids is 1. The fraction of sp³-hybridized carbons (Fsp3) is 0.250. The molecule has 18 heavy (non-hydrogen) atoms. The minimum Gasteiger partial charge on any atom is -0.387 e. The predicted molar refractivity (Wildman–Crippen MR) is 66.2 cm³/mol.